The van der Waals surface area contributed by atoms with Gasteiger partial charge in [-0.15, -0.1) is 0 Å². The quantitative estimate of drug-likeness (QED) is 0.629. The maximum atomic E-state index is 11.6. The Hall–Kier alpha value is -2.57. The van der Waals surface area contributed by atoms with Crippen LogP contribution in [0.15, 0.2) is 28.8 Å². The van der Waals surface area contributed by atoms with E-state index >= 15 is 0 Å². The molecule has 7 nitrogen and oxygen atoms in total. The summed E-state index contributed by atoms with van der Waals surface area (Å²) in [6.07, 6.45) is 2.09. The van der Waals surface area contributed by atoms with Crippen LogP contribution in [0.3, 0.4) is 0 Å². The lowest BCUT2D eigenvalue weighted by molar-refractivity contribution is -0.384. The molecule has 1 aromatic carbocycles. The number of carbonyl (C=O) groups is 1. The first-order valence-electron chi connectivity index (χ1n) is 6.26. The zero-order valence-electron chi connectivity index (χ0n) is 10.5. The monoisotopic (exact) mass is 273 g/mol. The molecule has 0 N–H and O–H groups in total. The van der Waals surface area contributed by atoms with Crippen molar-refractivity contribution >= 4 is 11.5 Å². The average molecular weight is 273 g/mol. The minimum Gasteiger partial charge on any atom is -0.338 e. The molecule has 1 fully saturated rings. The molecule has 0 spiro atoms. The number of rotatable bonds is 3. The fraction of sp³-hybridized carbons (Fsp3) is 0.308. The number of nitrogens with zero attached hydrogens (tertiary/aromatic N) is 3. The second-order valence-corrected chi connectivity index (χ2v) is 4.67. The van der Waals surface area contributed by atoms with Crippen molar-refractivity contribution in [2.75, 3.05) is 0 Å². The van der Waals surface area contributed by atoms with Crippen LogP contribution in [-0.2, 0) is 4.79 Å². The van der Waals surface area contributed by atoms with Crippen molar-refractivity contribution in [1.29, 1.82) is 0 Å². The van der Waals surface area contributed by atoms with Gasteiger partial charge in [0, 0.05) is 24.1 Å². The number of hydrogen-bond acceptors (Lipinski definition) is 6. The van der Waals surface area contributed by atoms with Crippen molar-refractivity contribution in [1.82, 2.24) is 10.1 Å². The fourth-order valence-electron chi connectivity index (χ4n) is 2.33. The van der Waals surface area contributed by atoms with E-state index in [0.717, 1.165) is 12.8 Å². The topological polar surface area (TPSA) is 99.1 Å². The van der Waals surface area contributed by atoms with Crippen LogP contribution < -0.4 is 0 Å². The lowest BCUT2D eigenvalue weighted by Crippen LogP contribution is -2.04. The molecule has 3 rings (SSSR count). The van der Waals surface area contributed by atoms with E-state index in [9.17, 15) is 14.9 Å². The summed E-state index contributed by atoms with van der Waals surface area (Å²) in [5.74, 6) is 0.353. The molecule has 1 aromatic heterocycles. The number of ketones is 1. The molecule has 0 saturated heterocycles. The van der Waals surface area contributed by atoms with Crippen LogP contribution in [0.5, 0.6) is 0 Å². The first-order chi connectivity index (χ1) is 9.65. The van der Waals surface area contributed by atoms with Gasteiger partial charge in [-0.2, -0.15) is 4.98 Å². The first kappa shape index (κ1) is 12.5. The van der Waals surface area contributed by atoms with E-state index in [1.165, 1.54) is 12.1 Å². The molecule has 7 heteroatoms. The third kappa shape index (κ3) is 2.18. The highest BCUT2D eigenvalue weighted by molar-refractivity contribution is 5.86. The Morgan fingerprint density at radius 3 is 2.95 bits per heavy atom. The molecule has 0 bridgehead atoms. The van der Waals surface area contributed by atoms with Crippen molar-refractivity contribution in [3.63, 3.8) is 0 Å². The van der Waals surface area contributed by atoms with Crippen LogP contribution >= 0.6 is 0 Å². The van der Waals surface area contributed by atoms with Crippen LogP contribution in [0, 0.1) is 10.1 Å². The van der Waals surface area contributed by atoms with Crippen molar-refractivity contribution in [2.45, 2.75) is 25.2 Å². The zero-order valence-corrected chi connectivity index (χ0v) is 10.5. The summed E-state index contributed by atoms with van der Waals surface area (Å²) in [5.41, 5.74) is 0.463. The third-order valence-corrected chi connectivity index (χ3v) is 3.36. The Balaban J connectivity index is 1.92. The van der Waals surface area contributed by atoms with E-state index in [1.54, 1.807) is 12.1 Å². The number of carbonyl (C=O) groups excluding carboxylic acids is 1. The van der Waals surface area contributed by atoms with Gasteiger partial charge in [0.2, 0.25) is 11.7 Å². The van der Waals surface area contributed by atoms with Crippen molar-refractivity contribution in [3.8, 4) is 11.4 Å². The van der Waals surface area contributed by atoms with Gasteiger partial charge < -0.3 is 4.52 Å². The number of Topliss-reactive ketones (excluding diaryl/α,β-unsaturated/α-hetero) is 1. The number of nitro groups is 1. The van der Waals surface area contributed by atoms with Crippen LogP contribution in [-0.4, -0.2) is 20.8 Å². The summed E-state index contributed by atoms with van der Waals surface area (Å²) < 4.78 is 5.12. The predicted molar refractivity (Wildman–Crippen MR) is 68.0 cm³/mol. The van der Waals surface area contributed by atoms with Crippen molar-refractivity contribution in [2.24, 2.45) is 0 Å². The first-order valence-corrected chi connectivity index (χ1v) is 6.26. The van der Waals surface area contributed by atoms with E-state index in [-0.39, 0.29) is 23.2 Å². The minimum atomic E-state index is -0.481. The van der Waals surface area contributed by atoms with Gasteiger partial charge in [-0.25, -0.2) is 0 Å². The molecule has 0 amide bonds. The molecular weight excluding hydrogens is 262 g/mol. The molecular formula is C13H11N3O4. The van der Waals surface area contributed by atoms with E-state index in [4.69, 9.17) is 4.52 Å². The molecule has 1 atom stereocenters. The van der Waals surface area contributed by atoms with Crippen molar-refractivity contribution in [3.05, 3.63) is 40.3 Å². The molecule has 1 unspecified atom stereocenters. The maximum Gasteiger partial charge on any atom is 0.270 e. The van der Waals surface area contributed by atoms with Crippen molar-refractivity contribution < 1.29 is 14.2 Å². The normalized spacial score (nSPS) is 18.4. The van der Waals surface area contributed by atoms with Gasteiger partial charge in [0.1, 0.15) is 5.78 Å². The smallest absolute Gasteiger partial charge is 0.270 e. The lowest BCUT2D eigenvalue weighted by Gasteiger charge is -1.98. The van der Waals surface area contributed by atoms with Crippen LogP contribution in [0.2, 0.25) is 0 Å². The number of benzene rings is 1. The van der Waals surface area contributed by atoms with Crippen LogP contribution in [0.1, 0.15) is 31.1 Å². The molecule has 1 saturated carbocycles. The second-order valence-electron chi connectivity index (χ2n) is 4.67. The molecule has 0 aliphatic heterocycles. The molecule has 20 heavy (non-hydrogen) atoms. The highest BCUT2D eigenvalue weighted by atomic mass is 16.6. The minimum absolute atomic E-state index is 0.0363. The standard InChI is InChI=1S/C13H11N3O4/c17-11-6-2-5-10(11)13-14-12(15-20-13)8-3-1-4-9(7-8)16(18)19/h1,3-4,7,10H,2,5-6H2. The SMILES string of the molecule is O=C1CCCC1c1nc(-c2cccc([N+](=O)[O-])c2)no1. The number of aromatic nitrogens is 2. The summed E-state index contributed by atoms with van der Waals surface area (Å²) in [4.78, 5) is 26.1. The Morgan fingerprint density at radius 1 is 1.40 bits per heavy atom. The molecule has 102 valence electrons. The summed E-state index contributed by atoms with van der Waals surface area (Å²) in [5, 5.41) is 14.5. The highest BCUT2D eigenvalue weighted by Gasteiger charge is 2.31. The highest BCUT2D eigenvalue weighted by Crippen LogP contribution is 2.31. The van der Waals surface area contributed by atoms with Gasteiger partial charge in [-0.3, -0.25) is 14.9 Å². The van der Waals surface area contributed by atoms with E-state index in [2.05, 4.69) is 10.1 Å². The summed E-state index contributed by atoms with van der Waals surface area (Å²) in [6, 6.07) is 6.00. The third-order valence-electron chi connectivity index (χ3n) is 3.36. The van der Waals surface area contributed by atoms with Gasteiger partial charge in [0.05, 0.1) is 10.8 Å². The Kier molecular flexibility index (Phi) is 3.02. The fourth-order valence-corrected chi connectivity index (χ4v) is 2.33. The molecule has 1 aliphatic carbocycles. The largest absolute Gasteiger partial charge is 0.338 e. The number of non-ortho nitro benzene ring substituents is 1. The van der Waals surface area contributed by atoms with Gasteiger partial charge in [-0.1, -0.05) is 17.3 Å². The Labute approximate surface area is 113 Å². The Bertz CT molecular complexity index is 680. The maximum absolute atomic E-state index is 11.6. The molecule has 1 aliphatic rings. The molecule has 1 heterocycles. The van der Waals surface area contributed by atoms with Crippen LogP contribution in [0.4, 0.5) is 5.69 Å². The van der Waals surface area contributed by atoms with Gasteiger partial charge in [0.25, 0.3) is 5.69 Å². The average Bonchev–Trinajstić information content (AvgIpc) is 3.07. The van der Waals surface area contributed by atoms with Gasteiger partial charge >= 0.3 is 0 Å². The Morgan fingerprint density at radius 2 is 2.25 bits per heavy atom. The summed E-state index contributed by atoms with van der Waals surface area (Å²) >= 11 is 0. The van der Waals surface area contributed by atoms with E-state index < -0.39 is 4.92 Å². The van der Waals surface area contributed by atoms with Crippen LogP contribution in [0.25, 0.3) is 11.4 Å². The number of nitro benzene ring substituents is 1. The molecule has 2 aromatic rings. The van der Waals surface area contributed by atoms with E-state index in [0.29, 0.717) is 17.9 Å². The second kappa shape index (κ2) is 4.84. The molecule has 0 radical (unpaired) electrons. The summed E-state index contributed by atoms with van der Waals surface area (Å²) in [6.45, 7) is 0. The van der Waals surface area contributed by atoms with E-state index in [1.807, 2.05) is 0 Å². The lowest BCUT2D eigenvalue weighted by atomic mass is 10.1. The zero-order chi connectivity index (χ0) is 14.1. The van der Waals surface area contributed by atoms with Gasteiger partial charge in [-0.05, 0) is 12.8 Å². The number of hydrogen-bond donors (Lipinski definition) is 0. The summed E-state index contributed by atoms with van der Waals surface area (Å²) in [7, 11) is 0. The predicted octanol–water partition coefficient (Wildman–Crippen LogP) is 2.48. The van der Waals surface area contributed by atoms with Gasteiger partial charge in [0.15, 0.2) is 0 Å².